The summed E-state index contributed by atoms with van der Waals surface area (Å²) in [7, 11) is 3.43. The Bertz CT molecular complexity index is 426. The summed E-state index contributed by atoms with van der Waals surface area (Å²) < 4.78 is 16.3. The fraction of sp³-hybridized carbons (Fsp3) is 0.600. The van der Waals surface area contributed by atoms with Crippen LogP contribution in [-0.2, 0) is 16.0 Å². The lowest BCUT2D eigenvalue weighted by Crippen LogP contribution is -2.27. The van der Waals surface area contributed by atoms with Crippen molar-refractivity contribution in [2.75, 3.05) is 33.9 Å². The number of rotatable bonds is 6. The van der Waals surface area contributed by atoms with E-state index in [-0.39, 0.29) is 18.0 Å². The number of nitrogens with zero attached hydrogens (tertiary/aromatic N) is 1. The molecule has 2 atom stereocenters. The molecular weight excluding hydrogens is 258 g/mol. The third-order valence-corrected chi connectivity index (χ3v) is 3.63. The fourth-order valence-electron chi connectivity index (χ4n) is 2.59. The molecule has 1 aromatic rings. The molecule has 20 heavy (non-hydrogen) atoms. The van der Waals surface area contributed by atoms with Crippen LogP contribution in [0.25, 0.3) is 0 Å². The first-order chi connectivity index (χ1) is 9.67. The van der Waals surface area contributed by atoms with Gasteiger partial charge in [-0.05, 0) is 24.6 Å². The van der Waals surface area contributed by atoms with Crippen LogP contribution in [0.3, 0.4) is 0 Å². The van der Waals surface area contributed by atoms with Crippen LogP contribution >= 0.6 is 0 Å². The van der Waals surface area contributed by atoms with E-state index in [0.29, 0.717) is 12.4 Å². The predicted molar refractivity (Wildman–Crippen MR) is 76.1 cm³/mol. The average molecular weight is 281 g/mol. The molecule has 5 heteroatoms. The fourth-order valence-corrected chi connectivity index (χ4v) is 2.59. The van der Waals surface area contributed by atoms with Gasteiger partial charge in [0.05, 0.1) is 18.8 Å². The molecule has 0 saturated carbocycles. The largest absolute Gasteiger partial charge is 0.504 e. The maximum atomic E-state index is 9.71. The summed E-state index contributed by atoms with van der Waals surface area (Å²) in [5.41, 5.74) is 1.11. The Morgan fingerprint density at radius 1 is 1.20 bits per heavy atom. The highest BCUT2D eigenvalue weighted by atomic mass is 16.5. The molecule has 112 valence electrons. The number of likely N-dealkylation sites (tertiary alicyclic amines) is 1. The van der Waals surface area contributed by atoms with E-state index in [1.54, 1.807) is 20.3 Å². The lowest BCUT2D eigenvalue weighted by molar-refractivity contribution is -0.00461. The van der Waals surface area contributed by atoms with Crippen molar-refractivity contribution in [2.24, 2.45) is 0 Å². The standard InChI is InChI=1S/C15H23NO4/c1-4-20-13-7-11(5-6-12(13)17)8-16-9-14(18-2)15(10-16)19-3/h5-7,14-15,17H,4,8-10H2,1-3H3. The van der Waals surface area contributed by atoms with Crippen molar-refractivity contribution >= 4 is 0 Å². The summed E-state index contributed by atoms with van der Waals surface area (Å²) in [5.74, 6) is 0.720. The molecule has 2 rings (SSSR count). The van der Waals surface area contributed by atoms with Crippen molar-refractivity contribution in [3.8, 4) is 11.5 Å². The first-order valence-electron chi connectivity index (χ1n) is 6.90. The van der Waals surface area contributed by atoms with Gasteiger partial charge in [0, 0.05) is 33.9 Å². The topological polar surface area (TPSA) is 51.2 Å². The second-order valence-corrected chi connectivity index (χ2v) is 4.98. The van der Waals surface area contributed by atoms with Gasteiger partial charge >= 0.3 is 0 Å². The van der Waals surface area contributed by atoms with Crippen molar-refractivity contribution in [3.05, 3.63) is 23.8 Å². The van der Waals surface area contributed by atoms with Crippen molar-refractivity contribution < 1.29 is 19.3 Å². The zero-order chi connectivity index (χ0) is 14.5. The van der Waals surface area contributed by atoms with E-state index in [1.807, 2.05) is 19.1 Å². The van der Waals surface area contributed by atoms with Crippen LogP contribution in [0, 0.1) is 0 Å². The van der Waals surface area contributed by atoms with Gasteiger partial charge in [0.25, 0.3) is 0 Å². The molecule has 0 bridgehead atoms. The summed E-state index contributed by atoms with van der Waals surface area (Å²) in [6, 6.07) is 5.48. The molecule has 0 spiro atoms. The van der Waals surface area contributed by atoms with Gasteiger partial charge in [0.1, 0.15) is 0 Å². The monoisotopic (exact) mass is 281 g/mol. The lowest BCUT2D eigenvalue weighted by atomic mass is 10.2. The summed E-state index contributed by atoms with van der Waals surface area (Å²) in [6.07, 6.45) is 0.229. The highest BCUT2D eigenvalue weighted by Gasteiger charge is 2.32. The number of benzene rings is 1. The molecule has 0 amide bonds. The highest BCUT2D eigenvalue weighted by Crippen LogP contribution is 2.28. The van der Waals surface area contributed by atoms with Crippen molar-refractivity contribution in [1.29, 1.82) is 0 Å². The number of methoxy groups -OCH3 is 2. The minimum Gasteiger partial charge on any atom is -0.504 e. The SMILES string of the molecule is CCOc1cc(CN2CC(OC)C(OC)C2)ccc1O. The summed E-state index contributed by atoms with van der Waals surface area (Å²) in [4.78, 5) is 2.28. The van der Waals surface area contributed by atoms with Crippen LogP contribution in [-0.4, -0.2) is 56.1 Å². The lowest BCUT2D eigenvalue weighted by Gasteiger charge is -2.16. The van der Waals surface area contributed by atoms with Gasteiger partial charge in [-0.1, -0.05) is 6.07 Å². The summed E-state index contributed by atoms with van der Waals surface area (Å²) >= 11 is 0. The van der Waals surface area contributed by atoms with Gasteiger partial charge in [-0.25, -0.2) is 0 Å². The molecule has 0 aromatic heterocycles. The first-order valence-corrected chi connectivity index (χ1v) is 6.90. The van der Waals surface area contributed by atoms with E-state index in [4.69, 9.17) is 14.2 Å². The van der Waals surface area contributed by atoms with Crippen molar-refractivity contribution in [1.82, 2.24) is 4.90 Å². The Hall–Kier alpha value is -1.30. The van der Waals surface area contributed by atoms with Crippen LogP contribution in [0.5, 0.6) is 11.5 Å². The average Bonchev–Trinajstić information content (AvgIpc) is 2.85. The zero-order valence-electron chi connectivity index (χ0n) is 12.3. The molecule has 5 nitrogen and oxygen atoms in total. The third kappa shape index (κ3) is 3.42. The second-order valence-electron chi connectivity index (χ2n) is 4.98. The Morgan fingerprint density at radius 3 is 2.40 bits per heavy atom. The molecule has 1 fully saturated rings. The highest BCUT2D eigenvalue weighted by molar-refractivity contribution is 5.41. The van der Waals surface area contributed by atoms with Gasteiger partial charge in [0.2, 0.25) is 0 Å². The van der Waals surface area contributed by atoms with Crippen LogP contribution < -0.4 is 4.74 Å². The normalized spacial score (nSPS) is 23.1. The van der Waals surface area contributed by atoms with E-state index in [9.17, 15) is 5.11 Å². The molecule has 1 N–H and O–H groups in total. The number of ether oxygens (including phenoxy) is 3. The van der Waals surface area contributed by atoms with E-state index < -0.39 is 0 Å². The maximum Gasteiger partial charge on any atom is 0.161 e. The minimum absolute atomic E-state index is 0.114. The van der Waals surface area contributed by atoms with Gasteiger partial charge in [-0.15, -0.1) is 0 Å². The van der Waals surface area contributed by atoms with Crippen molar-refractivity contribution in [2.45, 2.75) is 25.7 Å². The molecule has 1 aromatic carbocycles. The third-order valence-electron chi connectivity index (χ3n) is 3.63. The van der Waals surface area contributed by atoms with Crippen LogP contribution in [0.2, 0.25) is 0 Å². The second kappa shape index (κ2) is 6.92. The van der Waals surface area contributed by atoms with E-state index in [0.717, 1.165) is 25.2 Å². The van der Waals surface area contributed by atoms with Crippen LogP contribution in [0.4, 0.5) is 0 Å². The Kier molecular flexibility index (Phi) is 5.23. The Balaban J connectivity index is 2.02. The molecule has 1 aliphatic heterocycles. The number of hydrogen-bond acceptors (Lipinski definition) is 5. The minimum atomic E-state index is 0.114. The van der Waals surface area contributed by atoms with Crippen molar-refractivity contribution in [3.63, 3.8) is 0 Å². The Labute approximate surface area is 120 Å². The number of aromatic hydroxyl groups is 1. The number of phenolic OH excluding ortho intramolecular Hbond substituents is 1. The molecule has 0 radical (unpaired) electrons. The van der Waals surface area contributed by atoms with Crippen LogP contribution in [0.15, 0.2) is 18.2 Å². The van der Waals surface area contributed by atoms with Crippen LogP contribution in [0.1, 0.15) is 12.5 Å². The van der Waals surface area contributed by atoms with Gasteiger partial charge in [-0.3, -0.25) is 4.90 Å². The van der Waals surface area contributed by atoms with Gasteiger partial charge < -0.3 is 19.3 Å². The summed E-state index contributed by atoms with van der Waals surface area (Å²) in [5, 5.41) is 9.71. The molecular formula is C15H23NO4. The molecule has 1 aliphatic rings. The quantitative estimate of drug-likeness (QED) is 0.859. The maximum absolute atomic E-state index is 9.71. The van der Waals surface area contributed by atoms with E-state index in [1.165, 1.54) is 0 Å². The Morgan fingerprint density at radius 2 is 1.85 bits per heavy atom. The van der Waals surface area contributed by atoms with Gasteiger partial charge in [-0.2, -0.15) is 0 Å². The van der Waals surface area contributed by atoms with E-state index in [2.05, 4.69) is 4.90 Å². The predicted octanol–water partition coefficient (Wildman–Crippen LogP) is 1.64. The smallest absolute Gasteiger partial charge is 0.161 e. The summed E-state index contributed by atoms with van der Waals surface area (Å²) in [6.45, 7) is 4.93. The van der Waals surface area contributed by atoms with Gasteiger partial charge in [0.15, 0.2) is 11.5 Å². The molecule has 2 unspecified atom stereocenters. The molecule has 0 aliphatic carbocycles. The molecule has 1 saturated heterocycles. The number of hydrogen-bond donors (Lipinski definition) is 1. The first kappa shape index (κ1) is 15.1. The number of phenols is 1. The van der Waals surface area contributed by atoms with E-state index >= 15 is 0 Å². The zero-order valence-corrected chi connectivity index (χ0v) is 12.3. The molecule has 1 heterocycles.